The van der Waals surface area contributed by atoms with Crippen LogP contribution in [0.5, 0.6) is 11.5 Å². The number of benzene rings is 1. The van der Waals surface area contributed by atoms with Gasteiger partial charge in [0.2, 0.25) is 0 Å². The molecule has 0 spiro atoms. The lowest BCUT2D eigenvalue weighted by Gasteiger charge is -2.34. The first-order chi connectivity index (χ1) is 11.0. The molecular weight excluding hydrogens is 334 g/mol. The van der Waals surface area contributed by atoms with E-state index in [1.807, 2.05) is 19.1 Å². The molecule has 0 fully saturated rings. The van der Waals surface area contributed by atoms with Gasteiger partial charge in [0.05, 0.1) is 14.2 Å². The molecule has 124 valence electrons. The van der Waals surface area contributed by atoms with E-state index in [-0.39, 0.29) is 6.04 Å². The lowest BCUT2D eigenvalue weighted by Crippen LogP contribution is -2.38. The van der Waals surface area contributed by atoms with Crippen LogP contribution in [0, 0.1) is 0 Å². The predicted molar refractivity (Wildman–Crippen MR) is 89.9 cm³/mol. The number of hydrogen-bond acceptors (Lipinski definition) is 5. The summed E-state index contributed by atoms with van der Waals surface area (Å²) >= 11 is 1.25. The summed E-state index contributed by atoms with van der Waals surface area (Å²) in [5, 5.41) is 1.78. The molecule has 0 bridgehead atoms. The minimum atomic E-state index is -3.47. The highest BCUT2D eigenvalue weighted by atomic mass is 32.2. The van der Waals surface area contributed by atoms with Crippen molar-refractivity contribution in [3.8, 4) is 11.5 Å². The Morgan fingerprint density at radius 2 is 1.91 bits per heavy atom. The number of hydrogen-bond donors (Lipinski definition) is 0. The summed E-state index contributed by atoms with van der Waals surface area (Å²) < 4.78 is 38.3. The largest absolute Gasteiger partial charge is 0.493 e. The minimum absolute atomic E-state index is 0.245. The molecule has 0 saturated heterocycles. The van der Waals surface area contributed by atoms with E-state index >= 15 is 0 Å². The van der Waals surface area contributed by atoms with Gasteiger partial charge in [-0.25, -0.2) is 8.42 Å². The molecule has 23 heavy (non-hydrogen) atoms. The van der Waals surface area contributed by atoms with Gasteiger partial charge in [-0.1, -0.05) is 6.07 Å². The maximum atomic E-state index is 12.8. The highest BCUT2D eigenvalue weighted by Crippen LogP contribution is 2.40. The summed E-state index contributed by atoms with van der Waals surface area (Å²) in [7, 11) is -0.284. The number of methoxy groups -OCH3 is 2. The van der Waals surface area contributed by atoms with E-state index in [1.165, 1.54) is 11.3 Å². The highest BCUT2D eigenvalue weighted by molar-refractivity contribution is 7.91. The van der Waals surface area contributed by atoms with Gasteiger partial charge in [0.25, 0.3) is 10.0 Å². The SMILES string of the molecule is COc1cc2c(cc1OC)[C@H](C)N(S(=O)(=O)c1cccs1)CC2. The molecule has 5 nitrogen and oxygen atoms in total. The summed E-state index contributed by atoms with van der Waals surface area (Å²) in [6, 6.07) is 6.99. The summed E-state index contributed by atoms with van der Waals surface area (Å²) in [4.78, 5) is 0. The standard InChI is InChI=1S/C16H19NO4S2/c1-11-13-10-15(21-3)14(20-2)9-12(13)6-7-17(11)23(18,19)16-5-4-8-22-16/h4-5,8-11H,6-7H2,1-3H3/t11-/m0/s1. The van der Waals surface area contributed by atoms with Crippen LogP contribution in [0.1, 0.15) is 24.1 Å². The number of sulfonamides is 1. The number of ether oxygens (including phenoxy) is 2. The fourth-order valence-electron chi connectivity index (χ4n) is 2.98. The van der Waals surface area contributed by atoms with Crippen LogP contribution < -0.4 is 9.47 Å². The second-order valence-electron chi connectivity index (χ2n) is 5.38. The molecule has 1 aliphatic heterocycles. The van der Waals surface area contributed by atoms with Crippen LogP contribution in [0.2, 0.25) is 0 Å². The average Bonchev–Trinajstić information content (AvgIpc) is 3.09. The van der Waals surface area contributed by atoms with Crippen molar-refractivity contribution in [1.82, 2.24) is 4.31 Å². The summed E-state index contributed by atoms with van der Waals surface area (Å²) in [5.74, 6) is 1.29. The molecule has 1 aliphatic rings. The van der Waals surface area contributed by atoms with Gasteiger partial charge < -0.3 is 9.47 Å². The Balaban J connectivity index is 2.02. The summed E-state index contributed by atoms with van der Waals surface area (Å²) in [5.41, 5.74) is 2.07. The van der Waals surface area contributed by atoms with E-state index < -0.39 is 10.0 Å². The van der Waals surface area contributed by atoms with Gasteiger partial charge in [0.15, 0.2) is 11.5 Å². The fraction of sp³-hybridized carbons (Fsp3) is 0.375. The van der Waals surface area contributed by atoms with Gasteiger partial charge in [-0.2, -0.15) is 4.31 Å². The lowest BCUT2D eigenvalue weighted by atomic mass is 9.94. The van der Waals surface area contributed by atoms with E-state index in [9.17, 15) is 8.42 Å². The van der Waals surface area contributed by atoms with E-state index in [4.69, 9.17) is 9.47 Å². The molecule has 1 aromatic carbocycles. The van der Waals surface area contributed by atoms with Crippen LogP contribution in [0.4, 0.5) is 0 Å². The van der Waals surface area contributed by atoms with Crippen molar-refractivity contribution in [2.24, 2.45) is 0 Å². The van der Waals surface area contributed by atoms with Crippen molar-refractivity contribution >= 4 is 21.4 Å². The van der Waals surface area contributed by atoms with Crippen molar-refractivity contribution in [2.45, 2.75) is 23.6 Å². The molecule has 2 heterocycles. The average molecular weight is 353 g/mol. The molecule has 3 rings (SSSR count). The third-order valence-electron chi connectivity index (χ3n) is 4.19. The Kier molecular flexibility index (Phi) is 4.35. The zero-order chi connectivity index (χ0) is 16.6. The van der Waals surface area contributed by atoms with Crippen LogP contribution in [0.15, 0.2) is 33.9 Å². The van der Waals surface area contributed by atoms with Gasteiger partial charge in [0, 0.05) is 12.6 Å². The first-order valence-electron chi connectivity index (χ1n) is 7.29. The highest BCUT2D eigenvalue weighted by Gasteiger charge is 2.35. The van der Waals surface area contributed by atoms with E-state index in [0.29, 0.717) is 28.7 Å². The Morgan fingerprint density at radius 1 is 1.22 bits per heavy atom. The Hall–Kier alpha value is -1.57. The monoisotopic (exact) mass is 353 g/mol. The van der Waals surface area contributed by atoms with Crippen molar-refractivity contribution < 1.29 is 17.9 Å². The number of thiophene rings is 1. The maximum absolute atomic E-state index is 12.8. The quantitative estimate of drug-likeness (QED) is 0.848. The second-order valence-corrected chi connectivity index (χ2v) is 8.44. The third-order valence-corrected chi connectivity index (χ3v) is 7.53. The van der Waals surface area contributed by atoms with Crippen LogP contribution in [0.25, 0.3) is 0 Å². The van der Waals surface area contributed by atoms with Crippen LogP contribution in [-0.2, 0) is 16.4 Å². The number of rotatable bonds is 4. The summed E-state index contributed by atoms with van der Waals surface area (Å²) in [6.45, 7) is 2.37. The Morgan fingerprint density at radius 3 is 2.52 bits per heavy atom. The fourth-order valence-corrected chi connectivity index (χ4v) is 5.71. The molecule has 7 heteroatoms. The molecule has 0 aliphatic carbocycles. The molecular formula is C16H19NO4S2. The molecule has 0 radical (unpaired) electrons. The molecule has 2 aromatic rings. The Bertz CT molecular complexity index is 800. The minimum Gasteiger partial charge on any atom is -0.493 e. The second kappa shape index (κ2) is 6.14. The molecule has 1 aromatic heterocycles. The zero-order valence-electron chi connectivity index (χ0n) is 13.3. The van der Waals surface area contributed by atoms with Crippen LogP contribution in [-0.4, -0.2) is 33.5 Å². The first kappa shape index (κ1) is 16.3. The number of fused-ring (bicyclic) bond motifs is 1. The van der Waals surface area contributed by atoms with Crippen molar-refractivity contribution in [3.63, 3.8) is 0 Å². The van der Waals surface area contributed by atoms with Crippen molar-refractivity contribution in [3.05, 3.63) is 40.8 Å². The van der Waals surface area contributed by atoms with E-state index in [0.717, 1.165) is 11.1 Å². The van der Waals surface area contributed by atoms with Crippen LogP contribution in [0.3, 0.4) is 0 Å². The molecule has 0 N–H and O–H groups in total. The van der Waals surface area contributed by atoms with Crippen LogP contribution >= 0.6 is 11.3 Å². The zero-order valence-corrected chi connectivity index (χ0v) is 14.9. The topological polar surface area (TPSA) is 55.8 Å². The van der Waals surface area contributed by atoms with Gasteiger partial charge in [-0.3, -0.25) is 0 Å². The van der Waals surface area contributed by atoms with E-state index in [1.54, 1.807) is 36.0 Å². The molecule has 0 saturated carbocycles. The predicted octanol–water partition coefficient (Wildman–Crippen LogP) is 3.07. The van der Waals surface area contributed by atoms with Gasteiger partial charge >= 0.3 is 0 Å². The smallest absolute Gasteiger partial charge is 0.253 e. The molecule has 1 atom stereocenters. The summed E-state index contributed by atoms with van der Waals surface area (Å²) in [6.07, 6.45) is 0.657. The van der Waals surface area contributed by atoms with Crippen molar-refractivity contribution in [2.75, 3.05) is 20.8 Å². The molecule has 0 amide bonds. The normalized spacial score (nSPS) is 18.5. The number of nitrogens with zero attached hydrogens (tertiary/aromatic N) is 1. The Labute approximate surface area is 140 Å². The van der Waals surface area contributed by atoms with Gasteiger partial charge in [0.1, 0.15) is 4.21 Å². The van der Waals surface area contributed by atoms with E-state index in [2.05, 4.69) is 0 Å². The third kappa shape index (κ3) is 2.73. The first-order valence-corrected chi connectivity index (χ1v) is 9.61. The van der Waals surface area contributed by atoms with Gasteiger partial charge in [-0.15, -0.1) is 11.3 Å². The van der Waals surface area contributed by atoms with Gasteiger partial charge in [-0.05, 0) is 48.1 Å². The lowest BCUT2D eigenvalue weighted by molar-refractivity contribution is 0.319. The molecule has 0 unspecified atom stereocenters. The van der Waals surface area contributed by atoms with Crippen molar-refractivity contribution in [1.29, 1.82) is 0 Å². The maximum Gasteiger partial charge on any atom is 0.253 e.